The van der Waals surface area contributed by atoms with Crippen LogP contribution in [0.4, 0.5) is 0 Å². The lowest BCUT2D eigenvalue weighted by Gasteiger charge is -2.28. The summed E-state index contributed by atoms with van der Waals surface area (Å²) in [6, 6.07) is 18.0. The van der Waals surface area contributed by atoms with E-state index in [0.29, 0.717) is 11.1 Å². The summed E-state index contributed by atoms with van der Waals surface area (Å²) in [6.45, 7) is 4.68. The molecular weight excluding hydrogens is 302 g/mol. The molecule has 0 saturated carbocycles. The quantitative estimate of drug-likeness (QED) is 0.859. The van der Waals surface area contributed by atoms with Crippen LogP contribution in [-0.4, -0.2) is 41.7 Å². The molecule has 24 heavy (non-hydrogen) atoms. The Morgan fingerprint density at radius 2 is 1.67 bits per heavy atom. The van der Waals surface area contributed by atoms with E-state index in [-0.39, 0.29) is 6.10 Å². The van der Waals surface area contributed by atoms with E-state index >= 15 is 0 Å². The van der Waals surface area contributed by atoms with Crippen LogP contribution in [0.3, 0.4) is 0 Å². The van der Waals surface area contributed by atoms with Crippen LogP contribution >= 0.6 is 0 Å². The third-order valence-corrected chi connectivity index (χ3v) is 4.63. The number of likely N-dealkylation sites (tertiary alicyclic amines) is 1. The third kappa shape index (κ3) is 3.21. The van der Waals surface area contributed by atoms with Crippen molar-refractivity contribution in [2.45, 2.75) is 25.0 Å². The highest BCUT2D eigenvalue weighted by Crippen LogP contribution is 2.32. The number of carbonyl (C=O) groups excluding carboxylic acids is 1. The number of aliphatic hydroxyl groups is 1. The molecule has 1 saturated heterocycles. The normalized spacial score (nSPS) is 18.5. The molecule has 2 aromatic carbocycles. The van der Waals surface area contributed by atoms with Gasteiger partial charge in [-0.05, 0) is 24.1 Å². The minimum atomic E-state index is -1.79. The van der Waals surface area contributed by atoms with Crippen molar-refractivity contribution in [3.63, 3.8) is 0 Å². The summed E-state index contributed by atoms with van der Waals surface area (Å²) >= 11 is 0. The van der Waals surface area contributed by atoms with E-state index in [2.05, 4.69) is 11.8 Å². The average Bonchev–Trinajstić information content (AvgIpc) is 3.10. The van der Waals surface area contributed by atoms with Gasteiger partial charge in [0, 0.05) is 13.1 Å². The fourth-order valence-corrected chi connectivity index (χ4v) is 3.18. The Labute approximate surface area is 142 Å². The Morgan fingerprint density at radius 1 is 1.12 bits per heavy atom. The second-order valence-corrected chi connectivity index (χ2v) is 6.15. The third-order valence-electron chi connectivity index (χ3n) is 4.63. The van der Waals surface area contributed by atoms with Gasteiger partial charge in [0.25, 0.3) is 0 Å². The molecule has 0 radical (unpaired) electrons. The van der Waals surface area contributed by atoms with Crippen LogP contribution in [-0.2, 0) is 15.1 Å². The van der Waals surface area contributed by atoms with Gasteiger partial charge in [-0.15, -0.1) is 0 Å². The maximum atomic E-state index is 12.9. The van der Waals surface area contributed by atoms with E-state index in [0.717, 1.165) is 26.1 Å². The SMILES string of the molecule is CCN1CC[C@H](OC(=O)C(O)(c2ccccc2)c2ccccc2)C1. The summed E-state index contributed by atoms with van der Waals surface area (Å²) in [5.74, 6) is -0.608. The number of likely N-dealkylation sites (N-methyl/N-ethyl adjacent to an activating group) is 1. The average molecular weight is 325 g/mol. The van der Waals surface area contributed by atoms with Gasteiger partial charge in [-0.1, -0.05) is 67.6 Å². The Bertz CT molecular complexity index is 632. The van der Waals surface area contributed by atoms with Gasteiger partial charge in [0.15, 0.2) is 0 Å². The van der Waals surface area contributed by atoms with E-state index in [1.54, 1.807) is 24.3 Å². The van der Waals surface area contributed by atoms with Gasteiger partial charge in [0.1, 0.15) is 6.10 Å². The van der Waals surface area contributed by atoms with E-state index in [9.17, 15) is 9.90 Å². The largest absolute Gasteiger partial charge is 0.458 e. The van der Waals surface area contributed by atoms with Crippen molar-refractivity contribution < 1.29 is 14.6 Å². The fraction of sp³-hybridized carbons (Fsp3) is 0.350. The van der Waals surface area contributed by atoms with Gasteiger partial charge < -0.3 is 9.84 Å². The van der Waals surface area contributed by atoms with Crippen LogP contribution < -0.4 is 0 Å². The number of hydrogen-bond acceptors (Lipinski definition) is 4. The lowest BCUT2D eigenvalue weighted by molar-refractivity contribution is -0.167. The first-order valence-electron chi connectivity index (χ1n) is 8.41. The maximum absolute atomic E-state index is 12.9. The second-order valence-electron chi connectivity index (χ2n) is 6.15. The van der Waals surface area contributed by atoms with Gasteiger partial charge in [-0.2, -0.15) is 0 Å². The number of nitrogens with zero attached hydrogens (tertiary/aromatic N) is 1. The van der Waals surface area contributed by atoms with Crippen molar-refractivity contribution in [1.29, 1.82) is 0 Å². The molecule has 0 amide bonds. The molecule has 0 aromatic heterocycles. The Kier molecular flexibility index (Phi) is 4.97. The lowest BCUT2D eigenvalue weighted by atomic mass is 9.86. The molecule has 1 N–H and O–H groups in total. The standard InChI is InChI=1S/C20H23NO3/c1-2-21-14-13-18(15-21)24-19(22)20(23,16-9-5-3-6-10-16)17-11-7-4-8-12-17/h3-12,18,23H,2,13-15H2,1H3/t18-/m0/s1. The molecular formula is C20H23NO3. The van der Waals surface area contributed by atoms with Crippen molar-refractivity contribution in [3.8, 4) is 0 Å². The molecule has 0 unspecified atom stereocenters. The zero-order valence-electron chi connectivity index (χ0n) is 13.9. The van der Waals surface area contributed by atoms with Crippen molar-refractivity contribution in [2.24, 2.45) is 0 Å². The molecule has 1 atom stereocenters. The van der Waals surface area contributed by atoms with Gasteiger partial charge >= 0.3 is 5.97 Å². The molecule has 0 bridgehead atoms. The van der Waals surface area contributed by atoms with Crippen LogP contribution in [0.2, 0.25) is 0 Å². The zero-order chi connectivity index (χ0) is 17.0. The second kappa shape index (κ2) is 7.16. The first-order valence-corrected chi connectivity index (χ1v) is 8.41. The Balaban J connectivity index is 1.89. The summed E-state index contributed by atoms with van der Waals surface area (Å²) in [5.41, 5.74) is -0.750. The Morgan fingerprint density at radius 3 is 2.12 bits per heavy atom. The molecule has 0 spiro atoms. The number of esters is 1. The summed E-state index contributed by atoms with van der Waals surface area (Å²) in [6.07, 6.45) is 0.635. The van der Waals surface area contributed by atoms with Crippen molar-refractivity contribution in [3.05, 3.63) is 71.8 Å². The molecule has 126 valence electrons. The minimum absolute atomic E-state index is 0.170. The van der Waals surface area contributed by atoms with Crippen LogP contribution in [0.25, 0.3) is 0 Å². The molecule has 4 heteroatoms. The molecule has 1 aliphatic rings. The maximum Gasteiger partial charge on any atom is 0.348 e. The molecule has 1 fully saturated rings. The lowest BCUT2D eigenvalue weighted by Crippen LogP contribution is -2.41. The Hall–Kier alpha value is -2.17. The van der Waals surface area contributed by atoms with Crippen molar-refractivity contribution >= 4 is 5.97 Å². The monoisotopic (exact) mass is 325 g/mol. The predicted molar refractivity (Wildman–Crippen MR) is 92.5 cm³/mol. The highest BCUT2D eigenvalue weighted by atomic mass is 16.6. The summed E-state index contributed by atoms with van der Waals surface area (Å²) in [4.78, 5) is 15.2. The first-order chi connectivity index (χ1) is 11.6. The smallest absolute Gasteiger partial charge is 0.348 e. The fourth-order valence-electron chi connectivity index (χ4n) is 3.18. The summed E-state index contributed by atoms with van der Waals surface area (Å²) < 4.78 is 5.69. The first kappa shape index (κ1) is 16.7. The van der Waals surface area contributed by atoms with Gasteiger partial charge in [0.2, 0.25) is 5.60 Å². The summed E-state index contributed by atoms with van der Waals surface area (Å²) in [5, 5.41) is 11.3. The van der Waals surface area contributed by atoms with E-state index < -0.39 is 11.6 Å². The minimum Gasteiger partial charge on any atom is -0.458 e. The molecule has 0 aliphatic carbocycles. The van der Waals surface area contributed by atoms with E-state index in [1.165, 1.54) is 0 Å². The van der Waals surface area contributed by atoms with Gasteiger partial charge in [-0.3, -0.25) is 4.90 Å². The number of rotatable bonds is 5. The molecule has 3 rings (SSSR count). The number of hydrogen-bond donors (Lipinski definition) is 1. The van der Waals surface area contributed by atoms with Crippen molar-refractivity contribution in [1.82, 2.24) is 4.90 Å². The molecule has 2 aromatic rings. The number of carbonyl (C=O) groups is 1. The van der Waals surface area contributed by atoms with Crippen LogP contribution in [0.1, 0.15) is 24.5 Å². The van der Waals surface area contributed by atoms with Gasteiger partial charge in [-0.25, -0.2) is 4.79 Å². The highest BCUT2D eigenvalue weighted by Gasteiger charge is 2.43. The topological polar surface area (TPSA) is 49.8 Å². The number of ether oxygens (including phenoxy) is 1. The van der Waals surface area contributed by atoms with Crippen LogP contribution in [0.5, 0.6) is 0 Å². The van der Waals surface area contributed by atoms with Crippen LogP contribution in [0, 0.1) is 0 Å². The van der Waals surface area contributed by atoms with E-state index in [4.69, 9.17) is 4.74 Å². The summed E-state index contributed by atoms with van der Waals surface area (Å²) in [7, 11) is 0. The molecule has 4 nitrogen and oxygen atoms in total. The highest BCUT2D eigenvalue weighted by molar-refractivity contribution is 5.85. The molecule has 1 aliphatic heterocycles. The van der Waals surface area contributed by atoms with E-state index in [1.807, 2.05) is 36.4 Å². The molecule has 1 heterocycles. The van der Waals surface area contributed by atoms with Crippen LogP contribution in [0.15, 0.2) is 60.7 Å². The predicted octanol–water partition coefficient (Wildman–Crippen LogP) is 2.56. The number of benzene rings is 2. The van der Waals surface area contributed by atoms with Gasteiger partial charge in [0.05, 0.1) is 0 Å². The van der Waals surface area contributed by atoms with Crippen molar-refractivity contribution in [2.75, 3.05) is 19.6 Å². The zero-order valence-corrected chi connectivity index (χ0v) is 13.9.